The van der Waals surface area contributed by atoms with E-state index in [0.717, 1.165) is 11.3 Å². The van der Waals surface area contributed by atoms with Crippen LogP contribution in [0.5, 0.6) is 23.0 Å². The number of carbonyl (C=O) groups is 2. The van der Waals surface area contributed by atoms with E-state index in [1.807, 2.05) is 0 Å². The van der Waals surface area contributed by atoms with E-state index < -0.39 is 0 Å². The minimum atomic E-state index is -0.372. The molecule has 2 N–H and O–H groups in total. The van der Waals surface area contributed by atoms with E-state index in [0.29, 0.717) is 51.5 Å². The minimum Gasteiger partial charge on any atom is -0.454 e. The zero-order valence-electron chi connectivity index (χ0n) is 16.7. The molecule has 2 amide bonds. The van der Waals surface area contributed by atoms with Gasteiger partial charge in [0.1, 0.15) is 0 Å². The molecule has 6 rings (SSSR count). The number of rotatable bonds is 4. The van der Waals surface area contributed by atoms with Crippen molar-refractivity contribution in [2.45, 2.75) is 18.8 Å². The Hall–Kier alpha value is -3.79. The molecule has 10 heteroatoms. The molecule has 1 aliphatic carbocycles. The molecule has 3 aromatic rings. The van der Waals surface area contributed by atoms with Crippen molar-refractivity contribution >= 4 is 34.0 Å². The Labute approximate surface area is 186 Å². The first-order chi connectivity index (χ1) is 15.6. The Morgan fingerprint density at radius 2 is 1.62 bits per heavy atom. The number of fused-ring (bicyclic) bond motifs is 3. The van der Waals surface area contributed by atoms with Gasteiger partial charge in [0, 0.05) is 22.2 Å². The summed E-state index contributed by atoms with van der Waals surface area (Å²) in [6, 6.07) is 10.3. The van der Waals surface area contributed by atoms with Crippen molar-refractivity contribution in [3.05, 3.63) is 52.5 Å². The zero-order chi connectivity index (χ0) is 21.7. The molecule has 0 saturated carbocycles. The van der Waals surface area contributed by atoms with Gasteiger partial charge in [0.05, 0.1) is 11.6 Å². The first-order valence-electron chi connectivity index (χ1n) is 10.1. The van der Waals surface area contributed by atoms with Crippen LogP contribution in [0.25, 0.3) is 0 Å². The molecular formula is C22H17N3O6S. The van der Waals surface area contributed by atoms with Crippen LogP contribution in [0.2, 0.25) is 0 Å². The number of nitrogens with zero attached hydrogens (tertiary/aromatic N) is 1. The number of benzene rings is 2. The summed E-state index contributed by atoms with van der Waals surface area (Å²) in [5.41, 5.74) is 1.80. The fourth-order valence-electron chi connectivity index (χ4n) is 3.95. The third-order valence-corrected chi connectivity index (χ3v) is 6.58. The predicted octanol–water partition coefficient (Wildman–Crippen LogP) is 3.52. The minimum absolute atomic E-state index is 0.137. The number of hydrogen-bond donors (Lipinski definition) is 2. The van der Waals surface area contributed by atoms with Gasteiger partial charge in [0.15, 0.2) is 28.1 Å². The number of hydrogen-bond acceptors (Lipinski definition) is 8. The molecule has 3 aliphatic rings. The number of aromatic nitrogens is 1. The standard InChI is InChI=1S/C22H17N3O6S/c26-20(11-1-4-14-16(7-11)30-9-28-14)25-22-24-19-13(3-6-18(19)32-22)21(27)23-12-2-5-15-17(8-12)31-10-29-15/h1-2,4-5,7-8,13H,3,6,9-10H2,(H,23,27)(H,24,25,26). The molecule has 0 spiro atoms. The van der Waals surface area contributed by atoms with Gasteiger partial charge < -0.3 is 24.3 Å². The topological polar surface area (TPSA) is 108 Å². The second-order valence-corrected chi connectivity index (χ2v) is 8.58. The third kappa shape index (κ3) is 3.28. The molecule has 32 heavy (non-hydrogen) atoms. The van der Waals surface area contributed by atoms with E-state index in [1.165, 1.54) is 11.3 Å². The first kappa shape index (κ1) is 18.9. The van der Waals surface area contributed by atoms with Crippen molar-refractivity contribution in [1.82, 2.24) is 4.98 Å². The summed E-state index contributed by atoms with van der Waals surface area (Å²) in [6.07, 6.45) is 1.42. The molecule has 0 fully saturated rings. The highest BCUT2D eigenvalue weighted by Gasteiger charge is 2.33. The second kappa shape index (κ2) is 7.41. The van der Waals surface area contributed by atoms with Crippen molar-refractivity contribution in [2.24, 2.45) is 0 Å². The summed E-state index contributed by atoms with van der Waals surface area (Å²) in [7, 11) is 0. The monoisotopic (exact) mass is 451 g/mol. The van der Waals surface area contributed by atoms with Gasteiger partial charge in [-0.25, -0.2) is 4.98 Å². The van der Waals surface area contributed by atoms with Crippen molar-refractivity contribution in [1.29, 1.82) is 0 Å². The molecule has 0 saturated heterocycles. The maximum atomic E-state index is 12.9. The van der Waals surface area contributed by atoms with Crippen LogP contribution in [-0.4, -0.2) is 30.4 Å². The first-order valence-corrected chi connectivity index (χ1v) is 10.9. The Kier molecular flexibility index (Phi) is 4.39. The van der Waals surface area contributed by atoms with Gasteiger partial charge in [-0.2, -0.15) is 0 Å². The van der Waals surface area contributed by atoms with E-state index in [9.17, 15) is 9.59 Å². The van der Waals surface area contributed by atoms with E-state index >= 15 is 0 Å². The van der Waals surface area contributed by atoms with E-state index in [-0.39, 0.29) is 31.3 Å². The number of anilines is 2. The fraction of sp³-hybridized carbons (Fsp3) is 0.227. The molecule has 1 atom stereocenters. The maximum Gasteiger partial charge on any atom is 0.257 e. The largest absolute Gasteiger partial charge is 0.454 e. The molecular weight excluding hydrogens is 434 g/mol. The van der Waals surface area contributed by atoms with Gasteiger partial charge in [0.25, 0.3) is 5.91 Å². The SMILES string of the molecule is O=C(Nc1nc2c(s1)CCC2C(=O)Nc1ccc2c(c1)OCO2)c1ccc2c(c1)OCO2. The lowest BCUT2D eigenvalue weighted by Crippen LogP contribution is -2.20. The fourth-order valence-corrected chi connectivity index (χ4v) is 4.98. The van der Waals surface area contributed by atoms with Crippen LogP contribution in [0.3, 0.4) is 0 Å². The maximum absolute atomic E-state index is 12.9. The van der Waals surface area contributed by atoms with Crippen LogP contribution >= 0.6 is 11.3 Å². The quantitative estimate of drug-likeness (QED) is 0.625. The van der Waals surface area contributed by atoms with Crippen LogP contribution < -0.4 is 29.6 Å². The third-order valence-electron chi connectivity index (χ3n) is 5.53. The van der Waals surface area contributed by atoms with E-state index in [1.54, 1.807) is 36.4 Å². The van der Waals surface area contributed by atoms with E-state index in [4.69, 9.17) is 18.9 Å². The summed E-state index contributed by atoms with van der Waals surface area (Å²) < 4.78 is 21.3. The highest BCUT2D eigenvalue weighted by atomic mass is 32.1. The number of ether oxygens (including phenoxy) is 4. The lowest BCUT2D eigenvalue weighted by molar-refractivity contribution is -0.117. The predicted molar refractivity (Wildman–Crippen MR) is 115 cm³/mol. The summed E-state index contributed by atoms with van der Waals surface area (Å²) in [5, 5.41) is 6.23. The summed E-state index contributed by atoms with van der Waals surface area (Å²) in [4.78, 5) is 31.1. The average molecular weight is 451 g/mol. The average Bonchev–Trinajstić information content (AvgIpc) is 3.56. The van der Waals surface area contributed by atoms with Crippen molar-refractivity contribution in [3.63, 3.8) is 0 Å². The molecule has 162 valence electrons. The van der Waals surface area contributed by atoms with Crippen molar-refractivity contribution in [2.75, 3.05) is 24.2 Å². The van der Waals surface area contributed by atoms with Gasteiger partial charge in [-0.05, 0) is 43.2 Å². The van der Waals surface area contributed by atoms with Gasteiger partial charge in [-0.15, -0.1) is 11.3 Å². The van der Waals surface area contributed by atoms with Gasteiger partial charge in [-0.3, -0.25) is 14.9 Å². The van der Waals surface area contributed by atoms with Crippen LogP contribution in [-0.2, 0) is 11.2 Å². The lowest BCUT2D eigenvalue weighted by atomic mass is 10.1. The normalized spacial score (nSPS) is 17.2. The highest BCUT2D eigenvalue weighted by Crippen LogP contribution is 2.40. The number of amides is 2. The highest BCUT2D eigenvalue weighted by molar-refractivity contribution is 7.16. The van der Waals surface area contributed by atoms with Crippen LogP contribution in [0, 0.1) is 0 Å². The van der Waals surface area contributed by atoms with Crippen LogP contribution in [0.15, 0.2) is 36.4 Å². The van der Waals surface area contributed by atoms with Crippen LogP contribution in [0.4, 0.5) is 10.8 Å². The molecule has 1 unspecified atom stereocenters. The van der Waals surface area contributed by atoms with Gasteiger partial charge >= 0.3 is 0 Å². The molecule has 3 heterocycles. The second-order valence-electron chi connectivity index (χ2n) is 7.50. The van der Waals surface area contributed by atoms with Gasteiger partial charge in [0.2, 0.25) is 19.5 Å². The molecule has 0 radical (unpaired) electrons. The Bertz CT molecular complexity index is 1260. The molecule has 0 bridgehead atoms. The van der Waals surface area contributed by atoms with Gasteiger partial charge in [-0.1, -0.05) is 0 Å². The van der Waals surface area contributed by atoms with Crippen LogP contribution in [0.1, 0.15) is 33.3 Å². The van der Waals surface area contributed by atoms with Crippen molar-refractivity contribution < 1.29 is 28.5 Å². The number of aryl methyl sites for hydroxylation is 1. The number of thiazole rings is 1. The number of carbonyl (C=O) groups excluding carboxylic acids is 2. The smallest absolute Gasteiger partial charge is 0.257 e. The molecule has 9 nitrogen and oxygen atoms in total. The summed E-state index contributed by atoms with van der Waals surface area (Å²) >= 11 is 1.40. The van der Waals surface area contributed by atoms with Crippen molar-refractivity contribution in [3.8, 4) is 23.0 Å². The van der Waals surface area contributed by atoms with E-state index in [2.05, 4.69) is 15.6 Å². The Balaban J connectivity index is 1.15. The molecule has 2 aliphatic heterocycles. The summed E-state index contributed by atoms with van der Waals surface area (Å²) in [6.45, 7) is 0.327. The molecule has 1 aromatic heterocycles. The Morgan fingerprint density at radius 1 is 0.906 bits per heavy atom. The lowest BCUT2D eigenvalue weighted by Gasteiger charge is -2.11. The number of nitrogens with one attached hydrogen (secondary N) is 2. The zero-order valence-corrected chi connectivity index (χ0v) is 17.5. The Morgan fingerprint density at radius 3 is 2.44 bits per heavy atom. The summed E-state index contributed by atoms with van der Waals surface area (Å²) in [5.74, 6) is 1.62. The molecule has 2 aromatic carbocycles.